The van der Waals surface area contributed by atoms with Crippen LogP contribution in [0.3, 0.4) is 0 Å². The molecule has 0 saturated carbocycles. The normalized spacial score (nSPS) is 11.6. The van der Waals surface area contributed by atoms with Crippen molar-refractivity contribution in [1.82, 2.24) is 14.8 Å². The molecule has 6 nitrogen and oxygen atoms in total. The van der Waals surface area contributed by atoms with Gasteiger partial charge in [0.05, 0.1) is 23.3 Å². The molecule has 0 aliphatic heterocycles. The maximum Gasteiger partial charge on any atom is 0.443 e. The minimum absolute atomic E-state index is 0.0831. The van der Waals surface area contributed by atoms with E-state index < -0.39 is 22.5 Å². The van der Waals surface area contributed by atoms with Gasteiger partial charge in [-0.3, -0.25) is 0 Å². The zero-order valence-corrected chi connectivity index (χ0v) is 13.3. The Morgan fingerprint density at radius 2 is 2.00 bits per heavy atom. The molecule has 0 aliphatic rings. The van der Waals surface area contributed by atoms with Gasteiger partial charge in [0.15, 0.2) is 5.82 Å². The summed E-state index contributed by atoms with van der Waals surface area (Å²) in [5, 5.41) is 3.55. The number of hydrogen-bond donors (Lipinski definition) is 0. The largest absolute Gasteiger partial charge is 0.496 e. The van der Waals surface area contributed by atoms with Crippen LogP contribution in [0.4, 0.5) is 13.2 Å². The number of rotatable bonds is 3. The molecule has 0 unspecified atom stereocenters. The molecule has 0 radical (unpaired) electrons. The predicted molar refractivity (Wildman–Crippen MR) is 81.9 cm³/mol. The maximum absolute atomic E-state index is 12.7. The Balaban J connectivity index is 2.09. The van der Waals surface area contributed by atoms with E-state index in [4.69, 9.17) is 20.8 Å². The molecule has 0 amide bonds. The van der Waals surface area contributed by atoms with Crippen LogP contribution in [0.1, 0.15) is 5.56 Å². The lowest BCUT2D eigenvalue weighted by Gasteiger charge is -2.08. The van der Waals surface area contributed by atoms with E-state index in [0.29, 0.717) is 28.3 Å². The van der Waals surface area contributed by atoms with Gasteiger partial charge in [-0.2, -0.15) is 13.2 Å². The summed E-state index contributed by atoms with van der Waals surface area (Å²) in [5.41, 5.74) is -0.647. The SMILES string of the molecule is COc1ccccc1-c1nn(-c2ncc(C(F)(F)F)cc2Cl)c(=O)o1. The van der Waals surface area contributed by atoms with E-state index in [9.17, 15) is 18.0 Å². The fourth-order valence-corrected chi connectivity index (χ4v) is 2.33. The van der Waals surface area contributed by atoms with E-state index in [1.54, 1.807) is 24.3 Å². The van der Waals surface area contributed by atoms with Crippen molar-refractivity contribution < 1.29 is 22.3 Å². The molecular weight excluding hydrogens is 363 g/mol. The van der Waals surface area contributed by atoms with Crippen molar-refractivity contribution in [1.29, 1.82) is 0 Å². The lowest BCUT2D eigenvalue weighted by Crippen LogP contribution is -2.16. The lowest BCUT2D eigenvalue weighted by molar-refractivity contribution is -0.137. The van der Waals surface area contributed by atoms with Crippen LogP contribution < -0.4 is 10.5 Å². The van der Waals surface area contributed by atoms with E-state index in [1.165, 1.54) is 7.11 Å². The molecule has 10 heteroatoms. The molecule has 25 heavy (non-hydrogen) atoms. The molecule has 0 bridgehead atoms. The molecule has 0 spiro atoms. The fraction of sp³-hybridized carbons (Fsp3) is 0.133. The highest BCUT2D eigenvalue weighted by molar-refractivity contribution is 6.32. The van der Waals surface area contributed by atoms with E-state index in [-0.39, 0.29) is 11.7 Å². The zero-order chi connectivity index (χ0) is 18.2. The van der Waals surface area contributed by atoms with Gasteiger partial charge >= 0.3 is 11.9 Å². The van der Waals surface area contributed by atoms with Crippen LogP contribution in [-0.2, 0) is 6.18 Å². The van der Waals surface area contributed by atoms with E-state index in [0.717, 1.165) is 0 Å². The topological polar surface area (TPSA) is 70.2 Å². The third-order valence-corrected chi connectivity index (χ3v) is 3.51. The van der Waals surface area contributed by atoms with Gasteiger partial charge < -0.3 is 9.15 Å². The summed E-state index contributed by atoms with van der Waals surface area (Å²) in [6, 6.07) is 7.30. The predicted octanol–water partition coefficient (Wildman–Crippen LogP) is 3.57. The third kappa shape index (κ3) is 3.22. The second-order valence-corrected chi connectivity index (χ2v) is 5.22. The number of alkyl halides is 3. The molecule has 1 aromatic carbocycles. The van der Waals surface area contributed by atoms with E-state index >= 15 is 0 Å². The lowest BCUT2D eigenvalue weighted by atomic mass is 10.2. The number of methoxy groups -OCH3 is 1. The summed E-state index contributed by atoms with van der Waals surface area (Å²) in [7, 11) is 1.43. The van der Waals surface area contributed by atoms with Crippen molar-refractivity contribution in [2.45, 2.75) is 6.18 Å². The highest BCUT2D eigenvalue weighted by atomic mass is 35.5. The van der Waals surface area contributed by atoms with Gasteiger partial charge in [-0.25, -0.2) is 9.78 Å². The zero-order valence-electron chi connectivity index (χ0n) is 12.5. The van der Waals surface area contributed by atoms with Crippen molar-refractivity contribution in [2.75, 3.05) is 7.11 Å². The highest BCUT2D eigenvalue weighted by Crippen LogP contribution is 2.32. The minimum atomic E-state index is -4.60. The molecule has 0 saturated heterocycles. The second-order valence-electron chi connectivity index (χ2n) is 4.81. The minimum Gasteiger partial charge on any atom is -0.496 e. The molecule has 3 rings (SSSR count). The first kappa shape index (κ1) is 17.0. The quantitative estimate of drug-likeness (QED) is 0.704. The smallest absolute Gasteiger partial charge is 0.443 e. The first-order chi connectivity index (χ1) is 11.8. The van der Waals surface area contributed by atoms with Crippen LogP contribution in [0.2, 0.25) is 5.02 Å². The standard InChI is InChI=1S/C15H9ClF3N3O3/c1-24-11-5-3-2-4-9(11)13-21-22(14(23)25-13)12-10(16)6-8(7-20-12)15(17,18)19/h2-7H,1H3. The number of hydrogen-bond acceptors (Lipinski definition) is 5. The Morgan fingerprint density at radius 1 is 1.28 bits per heavy atom. The number of halogens is 4. The Morgan fingerprint density at radius 3 is 2.64 bits per heavy atom. The van der Waals surface area contributed by atoms with Gasteiger partial charge in [-0.15, -0.1) is 9.78 Å². The number of ether oxygens (including phenoxy) is 1. The summed E-state index contributed by atoms with van der Waals surface area (Å²) in [6.45, 7) is 0. The van der Waals surface area contributed by atoms with Gasteiger partial charge in [0.2, 0.25) is 0 Å². The first-order valence-electron chi connectivity index (χ1n) is 6.78. The van der Waals surface area contributed by atoms with Crippen LogP contribution >= 0.6 is 11.6 Å². The maximum atomic E-state index is 12.7. The van der Waals surface area contributed by atoms with Crippen LogP contribution in [0.15, 0.2) is 45.7 Å². The van der Waals surface area contributed by atoms with Crippen molar-refractivity contribution in [3.05, 3.63) is 57.7 Å². The Labute approximate surface area is 143 Å². The van der Waals surface area contributed by atoms with Crippen molar-refractivity contribution in [2.24, 2.45) is 0 Å². The van der Waals surface area contributed by atoms with Crippen LogP contribution in [0.25, 0.3) is 17.3 Å². The summed E-state index contributed by atoms with van der Waals surface area (Å²) >= 11 is 5.83. The van der Waals surface area contributed by atoms with E-state index in [1.807, 2.05) is 0 Å². The van der Waals surface area contributed by atoms with Crippen molar-refractivity contribution in [3.63, 3.8) is 0 Å². The Bertz CT molecular complexity index is 982. The van der Waals surface area contributed by atoms with Gasteiger partial charge in [0.1, 0.15) is 5.75 Å². The van der Waals surface area contributed by atoms with E-state index in [2.05, 4.69) is 10.1 Å². The highest BCUT2D eigenvalue weighted by Gasteiger charge is 2.32. The third-order valence-electron chi connectivity index (χ3n) is 3.23. The monoisotopic (exact) mass is 371 g/mol. The first-order valence-corrected chi connectivity index (χ1v) is 7.15. The van der Waals surface area contributed by atoms with Gasteiger partial charge in [0.25, 0.3) is 5.89 Å². The van der Waals surface area contributed by atoms with Gasteiger partial charge in [-0.1, -0.05) is 23.7 Å². The van der Waals surface area contributed by atoms with Gasteiger partial charge in [-0.05, 0) is 18.2 Å². The molecule has 130 valence electrons. The molecule has 2 heterocycles. The summed E-state index contributed by atoms with van der Waals surface area (Å²) in [6.07, 6.45) is -4.04. The van der Waals surface area contributed by atoms with Crippen LogP contribution in [0, 0.1) is 0 Å². The number of aromatic nitrogens is 3. The van der Waals surface area contributed by atoms with Crippen LogP contribution in [0.5, 0.6) is 5.75 Å². The molecule has 0 N–H and O–H groups in total. The number of para-hydroxylation sites is 1. The summed E-state index contributed by atoms with van der Waals surface area (Å²) in [5.74, 6) is -0.901. The fourth-order valence-electron chi connectivity index (χ4n) is 2.08. The molecule has 0 fully saturated rings. The van der Waals surface area contributed by atoms with Gasteiger partial charge in [0, 0.05) is 6.20 Å². The van der Waals surface area contributed by atoms with Crippen molar-refractivity contribution >= 4 is 11.6 Å². The number of benzene rings is 1. The Kier molecular flexibility index (Phi) is 4.25. The van der Waals surface area contributed by atoms with Crippen molar-refractivity contribution in [3.8, 4) is 23.0 Å². The molecule has 2 aromatic heterocycles. The molecule has 3 aromatic rings. The number of nitrogens with zero attached hydrogens (tertiary/aromatic N) is 3. The Hall–Kier alpha value is -2.81. The molecule has 0 aliphatic carbocycles. The molecular formula is C15H9ClF3N3O3. The average molecular weight is 372 g/mol. The molecule has 0 atom stereocenters. The average Bonchev–Trinajstić information content (AvgIpc) is 2.95. The summed E-state index contributed by atoms with van der Waals surface area (Å²) < 4.78 is 48.9. The summed E-state index contributed by atoms with van der Waals surface area (Å²) in [4.78, 5) is 15.6. The second kappa shape index (κ2) is 6.25. The van der Waals surface area contributed by atoms with Crippen LogP contribution in [-0.4, -0.2) is 21.9 Å². The number of pyridine rings is 1.